The van der Waals surface area contributed by atoms with Crippen molar-refractivity contribution in [3.8, 4) is 22.8 Å². The first kappa shape index (κ1) is 19.2. The number of amides is 1. The van der Waals surface area contributed by atoms with Gasteiger partial charge in [-0.15, -0.1) is 0 Å². The van der Waals surface area contributed by atoms with Crippen molar-refractivity contribution in [3.63, 3.8) is 0 Å². The van der Waals surface area contributed by atoms with Gasteiger partial charge in [-0.2, -0.15) is 5.10 Å². The van der Waals surface area contributed by atoms with Gasteiger partial charge in [0, 0.05) is 25.7 Å². The molecule has 0 aliphatic carbocycles. The molecule has 2 aromatic rings. The molecule has 0 fully saturated rings. The number of Topliss-reactive ketones (excluding diaryl/α,β-unsaturated/α-hetero) is 1. The Morgan fingerprint density at radius 1 is 1.12 bits per heavy atom. The number of aromatic nitrogens is 2. The molecule has 0 saturated carbocycles. The molecule has 1 atom stereocenters. The summed E-state index contributed by atoms with van der Waals surface area (Å²) >= 11 is 0. The van der Waals surface area contributed by atoms with E-state index in [-0.39, 0.29) is 0 Å². The summed E-state index contributed by atoms with van der Waals surface area (Å²) in [5, 5.41) is 4.25. The molecule has 138 valence electrons. The van der Waals surface area contributed by atoms with E-state index in [1.54, 1.807) is 18.2 Å². The molecule has 1 aromatic carbocycles. The summed E-state index contributed by atoms with van der Waals surface area (Å²) in [5.41, 5.74) is 0.393. The van der Waals surface area contributed by atoms with Gasteiger partial charge in [-0.05, 0) is 31.2 Å². The number of benzene rings is 1. The summed E-state index contributed by atoms with van der Waals surface area (Å²) in [6.45, 7) is 1.25. The van der Waals surface area contributed by atoms with E-state index in [2.05, 4.69) is 5.10 Å². The van der Waals surface area contributed by atoms with E-state index in [1.165, 1.54) is 52.3 Å². The number of ketones is 1. The molecule has 8 nitrogen and oxygen atoms in total. The van der Waals surface area contributed by atoms with Crippen molar-refractivity contribution < 1.29 is 19.1 Å². The van der Waals surface area contributed by atoms with Crippen molar-refractivity contribution >= 4 is 11.7 Å². The molecule has 0 radical (unpaired) electrons. The minimum atomic E-state index is -1.32. The number of carbonyl (C=O) groups is 2. The second-order valence-corrected chi connectivity index (χ2v) is 5.81. The smallest absolute Gasteiger partial charge is 0.267 e. The molecular formula is C18H21N3O5. The highest BCUT2D eigenvalue weighted by atomic mass is 16.5. The van der Waals surface area contributed by atoms with Gasteiger partial charge in [0.15, 0.2) is 11.8 Å². The Bertz CT molecular complexity index is 889. The molecule has 1 heterocycles. The maximum Gasteiger partial charge on any atom is 0.267 e. The van der Waals surface area contributed by atoms with Crippen LogP contribution in [-0.2, 0) is 9.59 Å². The lowest BCUT2D eigenvalue weighted by Crippen LogP contribution is -2.41. The van der Waals surface area contributed by atoms with Gasteiger partial charge in [0.2, 0.25) is 0 Å². The van der Waals surface area contributed by atoms with Crippen molar-refractivity contribution in [2.24, 2.45) is 0 Å². The highest BCUT2D eigenvalue weighted by molar-refractivity contribution is 6.02. The van der Waals surface area contributed by atoms with Crippen LogP contribution in [0, 0.1) is 0 Å². The quantitative estimate of drug-likeness (QED) is 0.719. The number of hydrogen-bond acceptors (Lipinski definition) is 6. The Morgan fingerprint density at radius 2 is 1.81 bits per heavy atom. The van der Waals surface area contributed by atoms with E-state index >= 15 is 0 Å². The van der Waals surface area contributed by atoms with E-state index in [0.29, 0.717) is 22.8 Å². The molecule has 8 heteroatoms. The van der Waals surface area contributed by atoms with E-state index in [9.17, 15) is 14.4 Å². The van der Waals surface area contributed by atoms with Gasteiger partial charge < -0.3 is 14.4 Å². The van der Waals surface area contributed by atoms with Crippen molar-refractivity contribution in [1.82, 2.24) is 14.7 Å². The molecule has 0 bridgehead atoms. The third kappa shape index (κ3) is 3.74. The molecule has 0 aliphatic rings. The number of rotatable bonds is 6. The first-order valence-electron chi connectivity index (χ1n) is 7.84. The summed E-state index contributed by atoms with van der Waals surface area (Å²) in [7, 11) is 6.06. The molecular weight excluding hydrogens is 338 g/mol. The van der Waals surface area contributed by atoms with Crippen LogP contribution in [0.5, 0.6) is 11.5 Å². The van der Waals surface area contributed by atoms with Crippen LogP contribution in [-0.4, -0.2) is 54.7 Å². The lowest BCUT2D eigenvalue weighted by molar-refractivity contribution is -0.138. The summed E-state index contributed by atoms with van der Waals surface area (Å²) in [4.78, 5) is 37.9. The van der Waals surface area contributed by atoms with Gasteiger partial charge in [-0.25, -0.2) is 4.68 Å². The Balaban J connectivity index is 2.66. The molecule has 2 rings (SSSR count). The topological polar surface area (TPSA) is 90.7 Å². The van der Waals surface area contributed by atoms with Crippen molar-refractivity contribution in [1.29, 1.82) is 0 Å². The summed E-state index contributed by atoms with van der Waals surface area (Å²) in [6.07, 6.45) is 0. The molecule has 0 aliphatic heterocycles. The first-order chi connectivity index (χ1) is 12.3. The summed E-state index contributed by atoms with van der Waals surface area (Å²) in [6, 6.07) is 6.58. The van der Waals surface area contributed by atoms with Gasteiger partial charge in [-0.3, -0.25) is 14.4 Å². The summed E-state index contributed by atoms with van der Waals surface area (Å²) in [5.74, 6) is 0.0876. The largest absolute Gasteiger partial charge is 0.497 e. The van der Waals surface area contributed by atoms with Crippen LogP contribution in [0.3, 0.4) is 0 Å². The predicted molar refractivity (Wildman–Crippen MR) is 95.4 cm³/mol. The monoisotopic (exact) mass is 359 g/mol. The number of nitrogens with zero attached hydrogens (tertiary/aromatic N) is 3. The SMILES string of the molecule is COc1ccc(OC)c(-c2ccc(=O)n([C@@H](C(C)=O)C(=O)N(C)C)n2)c1. The van der Waals surface area contributed by atoms with Crippen LogP contribution in [0.4, 0.5) is 0 Å². The van der Waals surface area contributed by atoms with E-state index in [4.69, 9.17) is 9.47 Å². The highest BCUT2D eigenvalue weighted by Gasteiger charge is 2.29. The standard InChI is InChI=1S/C18H21N3O5/c1-11(22)17(18(24)20(2)3)21-16(23)9-7-14(19-21)13-10-12(25-4)6-8-15(13)26-5/h6-10,17H,1-5H3/t17-/m0/s1. The Labute approximate surface area is 150 Å². The second-order valence-electron chi connectivity index (χ2n) is 5.81. The third-order valence-corrected chi connectivity index (χ3v) is 3.81. The zero-order valence-electron chi connectivity index (χ0n) is 15.3. The minimum absolute atomic E-state index is 0.373. The van der Waals surface area contributed by atoms with Crippen LogP contribution in [0.2, 0.25) is 0 Å². The van der Waals surface area contributed by atoms with Gasteiger partial charge >= 0.3 is 0 Å². The maximum absolute atomic E-state index is 12.4. The molecule has 0 spiro atoms. The van der Waals surface area contributed by atoms with Crippen molar-refractivity contribution in [2.45, 2.75) is 13.0 Å². The number of ether oxygens (including phenoxy) is 2. The van der Waals surface area contributed by atoms with Gasteiger partial charge in [-0.1, -0.05) is 0 Å². The van der Waals surface area contributed by atoms with Crippen LogP contribution < -0.4 is 15.0 Å². The number of likely N-dealkylation sites (N-methyl/N-ethyl adjacent to an activating group) is 1. The number of carbonyl (C=O) groups excluding carboxylic acids is 2. The molecule has 0 saturated heterocycles. The van der Waals surface area contributed by atoms with E-state index < -0.39 is 23.3 Å². The lowest BCUT2D eigenvalue weighted by Gasteiger charge is -2.20. The molecule has 1 amide bonds. The van der Waals surface area contributed by atoms with Crippen molar-refractivity contribution in [2.75, 3.05) is 28.3 Å². The van der Waals surface area contributed by atoms with Crippen LogP contribution in [0.25, 0.3) is 11.3 Å². The van der Waals surface area contributed by atoms with Crippen LogP contribution in [0.15, 0.2) is 35.1 Å². The highest BCUT2D eigenvalue weighted by Crippen LogP contribution is 2.31. The Hall–Kier alpha value is -3.16. The Kier molecular flexibility index (Phi) is 5.76. The fourth-order valence-electron chi connectivity index (χ4n) is 2.46. The molecule has 1 aromatic heterocycles. The van der Waals surface area contributed by atoms with Gasteiger partial charge in [0.05, 0.1) is 19.9 Å². The average Bonchev–Trinajstić information content (AvgIpc) is 2.62. The molecule has 0 N–H and O–H groups in total. The molecule has 0 unspecified atom stereocenters. The fraction of sp³-hybridized carbons (Fsp3) is 0.333. The lowest BCUT2D eigenvalue weighted by atomic mass is 10.1. The zero-order chi connectivity index (χ0) is 19.4. The van der Waals surface area contributed by atoms with Gasteiger partial charge in [0.1, 0.15) is 11.5 Å². The zero-order valence-corrected chi connectivity index (χ0v) is 15.3. The third-order valence-electron chi connectivity index (χ3n) is 3.81. The second kappa shape index (κ2) is 7.81. The fourth-order valence-corrected chi connectivity index (χ4v) is 2.46. The first-order valence-corrected chi connectivity index (χ1v) is 7.84. The Morgan fingerprint density at radius 3 is 2.35 bits per heavy atom. The van der Waals surface area contributed by atoms with Crippen molar-refractivity contribution in [3.05, 3.63) is 40.7 Å². The average molecular weight is 359 g/mol. The van der Waals surface area contributed by atoms with E-state index in [0.717, 1.165) is 4.68 Å². The summed E-state index contributed by atoms with van der Waals surface area (Å²) < 4.78 is 11.5. The van der Waals surface area contributed by atoms with Gasteiger partial charge in [0.25, 0.3) is 11.5 Å². The number of methoxy groups -OCH3 is 2. The normalized spacial score (nSPS) is 11.6. The number of hydrogen-bond donors (Lipinski definition) is 0. The minimum Gasteiger partial charge on any atom is -0.497 e. The van der Waals surface area contributed by atoms with Crippen LogP contribution >= 0.6 is 0 Å². The maximum atomic E-state index is 12.4. The van der Waals surface area contributed by atoms with E-state index in [1.807, 2.05) is 0 Å². The molecule has 26 heavy (non-hydrogen) atoms. The van der Waals surface area contributed by atoms with Crippen LogP contribution in [0.1, 0.15) is 13.0 Å². The predicted octanol–water partition coefficient (Wildman–Crippen LogP) is 1.15.